The molecule has 0 saturated carbocycles. The first-order valence-corrected chi connectivity index (χ1v) is 7.11. The van der Waals surface area contributed by atoms with Gasteiger partial charge in [0.1, 0.15) is 0 Å². The summed E-state index contributed by atoms with van der Waals surface area (Å²) in [5.41, 5.74) is 2.15. The number of nitrogens with one attached hydrogen (secondary N) is 1. The summed E-state index contributed by atoms with van der Waals surface area (Å²) < 4.78 is 0. The van der Waals surface area contributed by atoms with Gasteiger partial charge in [-0.25, -0.2) is 0 Å². The molecule has 0 aromatic heterocycles. The van der Waals surface area contributed by atoms with E-state index >= 15 is 0 Å². The average Bonchev–Trinajstić information content (AvgIpc) is 2.40. The Morgan fingerprint density at radius 1 is 1.05 bits per heavy atom. The monoisotopic (exact) mass is 313 g/mol. The van der Waals surface area contributed by atoms with Crippen LogP contribution in [-0.2, 0) is 6.42 Å². The van der Waals surface area contributed by atoms with Crippen LogP contribution in [0.5, 0.6) is 0 Å². The molecule has 1 nitrogen and oxygen atoms in total. The Kier molecular flexibility index (Phi) is 5.12. The van der Waals surface area contributed by atoms with Crippen molar-refractivity contribution in [1.29, 1.82) is 0 Å². The highest BCUT2D eigenvalue weighted by Crippen LogP contribution is 2.31. The lowest BCUT2D eigenvalue weighted by Gasteiger charge is -2.18. The maximum absolute atomic E-state index is 6.27. The SMILES string of the molecule is CNC(Cc1cccc(Cl)c1)c1cccc(Cl)c1Cl. The van der Waals surface area contributed by atoms with E-state index in [0.29, 0.717) is 10.0 Å². The van der Waals surface area contributed by atoms with E-state index in [4.69, 9.17) is 34.8 Å². The summed E-state index contributed by atoms with van der Waals surface area (Å²) in [6.45, 7) is 0. The highest BCUT2D eigenvalue weighted by molar-refractivity contribution is 6.42. The van der Waals surface area contributed by atoms with Crippen molar-refractivity contribution in [3.63, 3.8) is 0 Å². The van der Waals surface area contributed by atoms with Crippen LogP contribution in [0, 0.1) is 0 Å². The van der Waals surface area contributed by atoms with Gasteiger partial charge in [0.25, 0.3) is 0 Å². The third-order valence-corrected chi connectivity index (χ3v) is 4.10. The molecule has 2 rings (SSSR count). The molecule has 0 bridgehead atoms. The van der Waals surface area contributed by atoms with E-state index in [-0.39, 0.29) is 6.04 Å². The van der Waals surface area contributed by atoms with Crippen molar-refractivity contribution in [2.45, 2.75) is 12.5 Å². The molecular formula is C15H14Cl3N. The Balaban J connectivity index is 2.28. The molecule has 0 radical (unpaired) electrons. The molecule has 0 fully saturated rings. The zero-order chi connectivity index (χ0) is 13.8. The quantitative estimate of drug-likeness (QED) is 0.823. The van der Waals surface area contributed by atoms with Crippen LogP contribution in [0.1, 0.15) is 17.2 Å². The van der Waals surface area contributed by atoms with Gasteiger partial charge in [-0.15, -0.1) is 0 Å². The lowest BCUT2D eigenvalue weighted by molar-refractivity contribution is 0.592. The molecule has 0 saturated heterocycles. The minimum Gasteiger partial charge on any atom is -0.313 e. The van der Waals surface area contributed by atoms with Gasteiger partial charge in [-0.05, 0) is 42.8 Å². The van der Waals surface area contributed by atoms with E-state index in [1.165, 1.54) is 0 Å². The van der Waals surface area contributed by atoms with Gasteiger partial charge in [0.05, 0.1) is 10.0 Å². The summed E-state index contributed by atoms with van der Waals surface area (Å²) in [6, 6.07) is 13.6. The summed E-state index contributed by atoms with van der Waals surface area (Å²) in [5, 5.41) is 5.19. The van der Waals surface area contributed by atoms with Gasteiger partial charge in [0.15, 0.2) is 0 Å². The van der Waals surface area contributed by atoms with Crippen LogP contribution in [0.15, 0.2) is 42.5 Å². The Morgan fingerprint density at radius 2 is 1.79 bits per heavy atom. The number of rotatable bonds is 4. The van der Waals surface area contributed by atoms with E-state index in [9.17, 15) is 0 Å². The molecule has 0 spiro atoms. The number of benzene rings is 2. The molecule has 0 heterocycles. The first-order valence-electron chi connectivity index (χ1n) is 5.97. The highest BCUT2D eigenvalue weighted by atomic mass is 35.5. The second-order valence-corrected chi connectivity index (χ2v) is 5.54. The van der Waals surface area contributed by atoms with Gasteiger partial charge >= 0.3 is 0 Å². The minimum absolute atomic E-state index is 0.102. The van der Waals surface area contributed by atoms with Crippen LogP contribution in [0.2, 0.25) is 15.1 Å². The van der Waals surface area contributed by atoms with Gasteiger partial charge in [0.2, 0.25) is 0 Å². The van der Waals surface area contributed by atoms with E-state index in [1.54, 1.807) is 6.07 Å². The van der Waals surface area contributed by atoms with Crippen molar-refractivity contribution in [2.24, 2.45) is 0 Å². The fraction of sp³-hybridized carbons (Fsp3) is 0.200. The lowest BCUT2D eigenvalue weighted by atomic mass is 9.99. The van der Waals surface area contributed by atoms with Crippen LogP contribution < -0.4 is 5.32 Å². The molecule has 1 atom stereocenters. The Labute approximate surface area is 128 Å². The summed E-state index contributed by atoms with van der Waals surface area (Å²) in [7, 11) is 1.91. The Bertz CT molecular complexity index is 569. The Morgan fingerprint density at radius 3 is 2.47 bits per heavy atom. The third-order valence-electron chi connectivity index (χ3n) is 3.03. The number of hydrogen-bond donors (Lipinski definition) is 1. The van der Waals surface area contributed by atoms with Crippen molar-refractivity contribution >= 4 is 34.8 Å². The molecular weight excluding hydrogens is 301 g/mol. The third kappa shape index (κ3) is 3.64. The van der Waals surface area contributed by atoms with E-state index in [0.717, 1.165) is 22.6 Å². The smallest absolute Gasteiger partial charge is 0.0640 e. The molecule has 2 aromatic rings. The zero-order valence-electron chi connectivity index (χ0n) is 10.5. The predicted molar refractivity (Wildman–Crippen MR) is 83.4 cm³/mol. The van der Waals surface area contributed by atoms with Gasteiger partial charge in [-0.1, -0.05) is 59.1 Å². The number of hydrogen-bond acceptors (Lipinski definition) is 1. The topological polar surface area (TPSA) is 12.0 Å². The molecule has 0 aliphatic rings. The van der Waals surface area contributed by atoms with Gasteiger partial charge in [-0.3, -0.25) is 0 Å². The fourth-order valence-electron chi connectivity index (χ4n) is 2.06. The molecule has 1 unspecified atom stereocenters. The van der Waals surface area contributed by atoms with Crippen LogP contribution in [0.25, 0.3) is 0 Å². The van der Waals surface area contributed by atoms with Crippen molar-refractivity contribution in [3.8, 4) is 0 Å². The fourth-order valence-corrected chi connectivity index (χ4v) is 2.71. The van der Waals surface area contributed by atoms with Crippen LogP contribution in [0.4, 0.5) is 0 Å². The zero-order valence-corrected chi connectivity index (χ0v) is 12.7. The maximum atomic E-state index is 6.27. The maximum Gasteiger partial charge on any atom is 0.0640 e. The summed E-state index contributed by atoms with van der Waals surface area (Å²) in [4.78, 5) is 0. The molecule has 0 aliphatic heterocycles. The normalized spacial score (nSPS) is 12.4. The molecule has 100 valence electrons. The highest BCUT2D eigenvalue weighted by Gasteiger charge is 2.15. The van der Waals surface area contributed by atoms with E-state index < -0.39 is 0 Å². The van der Waals surface area contributed by atoms with Crippen molar-refractivity contribution in [2.75, 3.05) is 7.05 Å². The number of halogens is 3. The molecule has 0 amide bonds. The minimum atomic E-state index is 0.102. The van der Waals surface area contributed by atoms with Crippen LogP contribution in [-0.4, -0.2) is 7.05 Å². The van der Waals surface area contributed by atoms with E-state index in [1.807, 2.05) is 37.4 Å². The van der Waals surface area contributed by atoms with E-state index in [2.05, 4.69) is 11.4 Å². The van der Waals surface area contributed by atoms with Gasteiger partial charge < -0.3 is 5.32 Å². The second kappa shape index (κ2) is 6.62. The van der Waals surface area contributed by atoms with Crippen molar-refractivity contribution < 1.29 is 0 Å². The summed E-state index contributed by atoms with van der Waals surface area (Å²) in [6.07, 6.45) is 0.803. The average molecular weight is 315 g/mol. The molecule has 4 heteroatoms. The van der Waals surface area contributed by atoms with Gasteiger partial charge in [-0.2, -0.15) is 0 Å². The lowest BCUT2D eigenvalue weighted by Crippen LogP contribution is -2.19. The first-order chi connectivity index (χ1) is 9.11. The van der Waals surface area contributed by atoms with Crippen molar-refractivity contribution in [1.82, 2.24) is 5.32 Å². The van der Waals surface area contributed by atoms with Crippen LogP contribution >= 0.6 is 34.8 Å². The van der Waals surface area contributed by atoms with Crippen molar-refractivity contribution in [3.05, 3.63) is 68.7 Å². The Hall–Kier alpha value is -0.730. The number of likely N-dealkylation sites (N-methyl/N-ethyl adjacent to an activating group) is 1. The molecule has 0 aliphatic carbocycles. The molecule has 19 heavy (non-hydrogen) atoms. The largest absolute Gasteiger partial charge is 0.313 e. The van der Waals surface area contributed by atoms with Gasteiger partial charge in [0, 0.05) is 11.1 Å². The summed E-state index contributed by atoms with van der Waals surface area (Å²) in [5.74, 6) is 0. The second-order valence-electron chi connectivity index (χ2n) is 4.32. The summed E-state index contributed by atoms with van der Waals surface area (Å²) >= 11 is 18.3. The molecule has 1 N–H and O–H groups in total. The predicted octanol–water partition coefficient (Wildman–Crippen LogP) is 5.15. The standard InChI is InChI=1S/C15H14Cl3N/c1-19-14(9-10-4-2-5-11(16)8-10)12-6-3-7-13(17)15(12)18/h2-8,14,19H,9H2,1H3. The van der Waals surface area contributed by atoms with Crippen LogP contribution in [0.3, 0.4) is 0 Å². The molecule has 2 aromatic carbocycles. The first kappa shape index (κ1) is 14.7.